The molecule has 4 heteroatoms. The second kappa shape index (κ2) is 5.27. The molecular weight excluding hydrogens is 252 g/mol. The van der Waals surface area contributed by atoms with Gasteiger partial charge >= 0.3 is 0 Å². The lowest BCUT2D eigenvalue weighted by molar-refractivity contribution is 0.123. The van der Waals surface area contributed by atoms with Crippen LogP contribution in [0.4, 0.5) is 0 Å². The molecule has 1 heterocycles. The molecule has 1 aliphatic rings. The van der Waals surface area contributed by atoms with Crippen LogP contribution < -0.4 is 5.73 Å². The number of hydrogen-bond acceptors (Lipinski definition) is 3. The zero-order valence-electron chi connectivity index (χ0n) is 10.6. The smallest absolute Gasteiger partial charge is 0.0545 e. The molecule has 2 rings (SSSR count). The zero-order chi connectivity index (χ0) is 12.5. The van der Waals surface area contributed by atoms with Gasteiger partial charge in [0.05, 0.1) is 5.02 Å². The normalized spacial score (nSPS) is 21.0. The first-order chi connectivity index (χ1) is 8.06. The SMILES string of the molecule is CN(C)C1(C(N)Cc2sccc2Cl)CCCC1. The van der Waals surface area contributed by atoms with Crippen molar-refractivity contribution in [2.75, 3.05) is 14.1 Å². The topological polar surface area (TPSA) is 29.3 Å². The minimum absolute atomic E-state index is 0.174. The molecule has 1 saturated carbocycles. The predicted octanol–water partition coefficient (Wildman–Crippen LogP) is 3.15. The Kier molecular flexibility index (Phi) is 4.14. The largest absolute Gasteiger partial charge is 0.326 e. The number of nitrogens with zero attached hydrogens (tertiary/aromatic N) is 1. The van der Waals surface area contributed by atoms with Crippen molar-refractivity contribution < 1.29 is 0 Å². The Morgan fingerprint density at radius 2 is 2.12 bits per heavy atom. The van der Waals surface area contributed by atoms with E-state index in [1.807, 2.05) is 11.4 Å². The van der Waals surface area contributed by atoms with Crippen LogP contribution in [0.15, 0.2) is 11.4 Å². The van der Waals surface area contributed by atoms with E-state index in [1.54, 1.807) is 11.3 Å². The first-order valence-corrected chi connectivity index (χ1v) is 7.47. The average molecular weight is 273 g/mol. The van der Waals surface area contributed by atoms with Gasteiger partial charge in [-0.2, -0.15) is 0 Å². The molecule has 0 saturated heterocycles. The average Bonchev–Trinajstić information content (AvgIpc) is 2.89. The van der Waals surface area contributed by atoms with Crippen LogP contribution in [0.3, 0.4) is 0 Å². The van der Waals surface area contributed by atoms with Gasteiger partial charge in [0.25, 0.3) is 0 Å². The second-order valence-corrected chi connectivity index (χ2v) is 6.62. The van der Waals surface area contributed by atoms with E-state index in [0.717, 1.165) is 11.4 Å². The monoisotopic (exact) mass is 272 g/mol. The maximum Gasteiger partial charge on any atom is 0.0545 e. The molecule has 1 aromatic rings. The lowest BCUT2D eigenvalue weighted by Gasteiger charge is -2.41. The molecule has 0 aromatic carbocycles. The Labute approximate surface area is 113 Å². The summed E-state index contributed by atoms with van der Waals surface area (Å²) in [6, 6.07) is 2.14. The maximum atomic E-state index is 6.48. The van der Waals surface area contributed by atoms with Gasteiger partial charge in [0.15, 0.2) is 0 Å². The van der Waals surface area contributed by atoms with E-state index in [9.17, 15) is 0 Å². The van der Waals surface area contributed by atoms with Crippen LogP contribution in [-0.2, 0) is 6.42 Å². The highest BCUT2D eigenvalue weighted by molar-refractivity contribution is 7.10. The predicted molar refractivity (Wildman–Crippen MR) is 75.9 cm³/mol. The van der Waals surface area contributed by atoms with E-state index < -0.39 is 0 Å². The molecule has 0 radical (unpaired) electrons. The third kappa shape index (κ3) is 2.53. The van der Waals surface area contributed by atoms with E-state index in [0.29, 0.717) is 0 Å². The lowest BCUT2D eigenvalue weighted by atomic mass is 9.85. The molecule has 0 aliphatic heterocycles. The number of halogens is 1. The molecule has 96 valence electrons. The zero-order valence-corrected chi connectivity index (χ0v) is 12.2. The van der Waals surface area contributed by atoms with Crippen molar-refractivity contribution >= 4 is 22.9 Å². The molecule has 1 atom stereocenters. The third-order valence-corrected chi connectivity index (χ3v) is 5.56. The van der Waals surface area contributed by atoms with Gasteiger partial charge in [0, 0.05) is 22.9 Å². The minimum atomic E-state index is 0.174. The van der Waals surface area contributed by atoms with Crippen LogP contribution in [0.2, 0.25) is 5.02 Å². The van der Waals surface area contributed by atoms with Gasteiger partial charge in [0.2, 0.25) is 0 Å². The van der Waals surface area contributed by atoms with E-state index in [2.05, 4.69) is 19.0 Å². The molecular formula is C13H21ClN2S. The van der Waals surface area contributed by atoms with Crippen LogP contribution in [0, 0.1) is 0 Å². The number of nitrogens with two attached hydrogens (primary N) is 1. The highest BCUT2D eigenvalue weighted by atomic mass is 35.5. The molecule has 17 heavy (non-hydrogen) atoms. The summed E-state index contributed by atoms with van der Waals surface area (Å²) in [6.45, 7) is 0. The Balaban J connectivity index is 2.12. The van der Waals surface area contributed by atoms with Crippen LogP contribution in [-0.4, -0.2) is 30.6 Å². The first kappa shape index (κ1) is 13.3. The van der Waals surface area contributed by atoms with E-state index >= 15 is 0 Å². The fraction of sp³-hybridized carbons (Fsp3) is 0.692. The van der Waals surface area contributed by atoms with Crippen molar-refractivity contribution in [2.24, 2.45) is 5.73 Å². The van der Waals surface area contributed by atoms with Gasteiger partial charge in [-0.25, -0.2) is 0 Å². The van der Waals surface area contributed by atoms with Gasteiger partial charge < -0.3 is 10.6 Å². The summed E-state index contributed by atoms with van der Waals surface area (Å²) < 4.78 is 0. The fourth-order valence-electron chi connectivity index (χ4n) is 3.00. The summed E-state index contributed by atoms with van der Waals surface area (Å²) >= 11 is 7.87. The molecule has 2 N–H and O–H groups in total. The Morgan fingerprint density at radius 1 is 1.47 bits per heavy atom. The van der Waals surface area contributed by atoms with Crippen molar-refractivity contribution in [1.82, 2.24) is 4.90 Å². The maximum absolute atomic E-state index is 6.48. The molecule has 1 fully saturated rings. The standard InChI is InChI=1S/C13H21ClN2S/c1-16(2)13(6-3-4-7-13)12(15)9-11-10(14)5-8-17-11/h5,8,12H,3-4,6-7,9,15H2,1-2H3. The summed E-state index contributed by atoms with van der Waals surface area (Å²) in [5, 5.41) is 2.92. The Morgan fingerprint density at radius 3 is 2.59 bits per heavy atom. The summed E-state index contributed by atoms with van der Waals surface area (Å²) in [5.74, 6) is 0. The molecule has 0 amide bonds. The van der Waals surface area contributed by atoms with Crippen molar-refractivity contribution in [3.63, 3.8) is 0 Å². The number of rotatable bonds is 4. The molecule has 1 aromatic heterocycles. The van der Waals surface area contributed by atoms with Crippen LogP contribution in [0.25, 0.3) is 0 Å². The van der Waals surface area contributed by atoms with Crippen LogP contribution >= 0.6 is 22.9 Å². The van der Waals surface area contributed by atoms with Gasteiger partial charge in [-0.3, -0.25) is 0 Å². The van der Waals surface area contributed by atoms with Gasteiger partial charge in [0.1, 0.15) is 0 Å². The first-order valence-electron chi connectivity index (χ1n) is 6.21. The fourth-order valence-corrected chi connectivity index (χ4v) is 4.17. The number of thiophene rings is 1. The Bertz CT molecular complexity index is 369. The Hall–Kier alpha value is -0.0900. The summed E-state index contributed by atoms with van der Waals surface area (Å²) in [7, 11) is 4.31. The van der Waals surface area contributed by atoms with E-state index in [4.69, 9.17) is 17.3 Å². The highest BCUT2D eigenvalue weighted by Gasteiger charge is 2.41. The molecule has 0 bridgehead atoms. The second-order valence-electron chi connectivity index (χ2n) is 5.21. The number of likely N-dealkylation sites (N-methyl/N-ethyl adjacent to an activating group) is 1. The molecule has 2 nitrogen and oxygen atoms in total. The van der Waals surface area contributed by atoms with Crippen LogP contribution in [0.5, 0.6) is 0 Å². The van der Waals surface area contributed by atoms with Crippen molar-refractivity contribution in [1.29, 1.82) is 0 Å². The molecule has 0 spiro atoms. The third-order valence-electron chi connectivity index (χ3n) is 4.15. The van der Waals surface area contributed by atoms with Crippen molar-refractivity contribution in [2.45, 2.75) is 43.7 Å². The van der Waals surface area contributed by atoms with E-state index in [-0.39, 0.29) is 11.6 Å². The van der Waals surface area contributed by atoms with Crippen molar-refractivity contribution in [3.8, 4) is 0 Å². The van der Waals surface area contributed by atoms with Gasteiger partial charge in [-0.15, -0.1) is 11.3 Å². The van der Waals surface area contributed by atoms with E-state index in [1.165, 1.54) is 30.6 Å². The van der Waals surface area contributed by atoms with Gasteiger partial charge in [-0.05, 0) is 38.4 Å². The van der Waals surface area contributed by atoms with Gasteiger partial charge in [-0.1, -0.05) is 24.4 Å². The lowest BCUT2D eigenvalue weighted by Crippen LogP contribution is -2.56. The quantitative estimate of drug-likeness (QED) is 0.912. The minimum Gasteiger partial charge on any atom is -0.326 e. The van der Waals surface area contributed by atoms with Crippen molar-refractivity contribution in [3.05, 3.63) is 21.3 Å². The summed E-state index contributed by atoms with van der Waals surface area (Å²) in [5.41, 5.74) is 6.66. The molecule has 1 aliphatic carbocycles. The molecule has 1 unspecified atom stereocenters. The van der Waals surface area contributed by atoms with Crippen LogP contribution in [0.1, 0.15) is 30.6 Å². The number of hydrogen-bond donors (Lipinski definition) is 1. The highest BCUT2D eigenvalue weighted by Crippen LogP contribution is 2.38. The summed E-state index contributed by atoms with van der Waals surface area (Å²) in [4.78, 5) is 3.55. The summed E-state index contributed by atoms with van der Waals surface area (Å²) in [6.07, 6.45) is 5.91.